The molecule has 0 radical (unpaired) electrons. The van der Waals surface area contributed by atoms with E-state index in [1.54, 1.807) is 30.3 Å². The van der Waals surface area contributed by atoms with E-state index in [1.165, 1.54) is 0 Å². The monoisotopic (exact) mass is 429 g/mol. The van der Waals surface area contributed by atoms with E-state index in [2.05, 4.69) is 23.5 Å². The normalized spacial score (nSPS) is 19.4. The first-order valence-corrected chi connectivity index (χ1v) is 10.3. The van der Waals surface area contributed by atoms with Crippen LogP contribution in [0.2, 0.25) is 0 Å². The number of hydrazine groups is 1. The summed E-state index contributed by atoms with van der Waals surface area (Å²) in [6.07, 6.45) is 1.15. The minimum atomic E-state index is -4.35. The molecule has 8 heteroatoms. The van der Waals surface area contributed by atoms with Gasteiger partial charge in [0.25, 0.3) is 0 Å². The van der Waals surface area contributed by atoms with E-state index in [9.17, 15) is 18.4 Å². The van der Waals surface area contributed by atoms with Gasteiger partial charge in [0.1, 0.15) is 17.9 Å². The summed E-state index contributed by atoms with van der Waals surface area (Å²) in [5.41, 5.74) is 8.53. The number of nitriles is 1. The van der Waals surface area contributed by atoms with E-state index in [1.807, 2.05) is 11.8 Å². The molecule has 0 aromatic heterocycles. The Morgan fingerprint density at radius 1 is 1.35 bits per heavy atom. The molecule has 31 heavy (non-hydrogen) atoms. The summed E-state index contributed by atoms with van der Waals surface area (Å²) in [7, 11) is 0. The van der Waals surface area contributed by atoms with Crippen molar-refractivity contribution >= 4 is 17.2 Å². The molecule has 1 aliphatic heterocycles. The molecule has 0 bridgehead atoms. The minimum Gasteiger partial charge on any atom is -0.321 e. The minimum absolute atomic E-state index is 0.166. The summed E-state index contributed by atoms with van der Waals surface area (Å²) < 4.78 is 38.0. The van der Waals surface area contributed by atoms with Gasteiger partial charge in [-0.15, -0.1) is 0 Å². The number of nitrogens with one attached hydrogen (secondary N) is 3. The summed E-state index contributed by atoms with van der Waals surface area (Å²) in [6, 6.07) is 7.54. The number of halogens is 3. The van der Waals surface area contributed by atoms with Crippen LogP contribution in [0.15, 0.2) is 53.6 Å². The average Bonchev–Trinajstić information content (AvgIpc) is 2.96. The lowest BCUT2D eigenvalue weighted by atomic mass is 9.90. The number of rotatable bonds is 7. The smallest absolute Gasteiger partial charge is 0.321 e. The van der Waals surface area contributed by atoms with Gasteiger partial charge in [-0.1, -0.05) is 31.2 Å². The molecule has 1 fully saturated rings. The van der Waals surface area contributed by atoms with Crippen molar-refractivity contribution in [2.75, 3.05) is 5.43 Å². The zero-order valence-corrected chi connectivity index (χ0v) is 17.6. The van der Waals surface area contributed by atoms with E-state index in [0.29, 0.717) is 28.4 Å². The van der Waals surface area contributed by atoms with Crippen LogP contribution < -0.4 is 10.9 Å². The molecule has 1 saturated carbocycles. The van der Waals surface area contributed by atoms with Crippen molar-refractivity contribution in [3.8, 4) is 6.07 Å². The van der Waals surface area contributed by atoms with Crippen molar-refractivity contribution in [2.24, 2.45) is 0 Å². The molecule has 0 saturated heterocycles. The highest BCUT2D eigenvalue weighted by molar-refractivity contribution is 6.13. The van der Waals surface area contributed by atoms with Gasteiger partial charge in [0, 0.05) is 17.3 Å². The summed E-state index contributed by atoms with van der Waals surface area (Å²) in [4.78, 5) is 1.92. The SMILES string of the molecule is C=C(/C=C1\C(=N)N(C2CCC2)C(c2ccc(NN[C@@H](C)C(F)(F)F)cc2)=C1C#N)CC. The Hall–Kier alpha value is -3.05. The molecule has 0 amide bonds. The van der Waals surface area contributed by atoms with Gasteiger partial charge in [-0.2, -0.15) is 18.4 Å². The number of hydrogen-bond donors (Lipinski definition) is 3. The van der Waals surface area contributed by atoms with Crippen LogP contribution in [0, 0.1) is 16.7 Å². The number of hydrogen-bond acceptors (Lipinski definition) is 4. The molecule has 1 atom stereocenters. The molecule has 3 rings (SSSR count). The lowest BCUT2D eigenvalue weighted by Crippen LogP contribution is -2.42. The highest BCUT2D eigenvalue weighted by atomic mass is 19.4. The predicted molar refractivity (Wildman–Crippen MR) is 116 cm³/mol. The Balaban J connectivity index is 1.92. The zero-order chi connectivity index (χ0) is 22.8. The van der Waals surface area contributed by atoms with Crippen LogP contribution in [-0.4, -0.2) is 29.0 Å². The van der Waals surface area contributed by atoms with E-state index < -0.39 is 12.2 Å². The summed E-state index contributed by atoms with van der Waals surface area (Å²) in [5.74, 6) is 0.300. The molecule has 0 spiro atoms. The Morgan fingerprint density at radius 3 is 2.48 bits per heavy atom. The summed E-state index contributed by atoms with van der Waals surface area (Å²) in [5, 5.41) is 18.6. The quantitative estimate of drug-likeness (QED) is 0.499. The van der Waals surface area contributed by atoms with Gasteiger partial charge in [-0.05, 0) is 56.4 Å². The van der Waals surface area contributed by atoms with Crippen LogP contribution in [0.4, 0.5) is 18.9 Å². The summed E-state index contributed by atoms with van der Waals surface area (Å²) in [6.45, 7) is 6.99. The third-order valence-corrected chi connectivity index (χ3v) is 5.68. The largest absolute Gasteiger partial charge is 0.405 e. The second-order valence-electron chi connectivity index (χ2n) is 7.82. The topological polar surface area (TPSA) is 74.9 Å². The molecule has 1 aliphatic carbocycles. The van der Waals surface area contributed by atoms with Crippen molar-refractivity contribution in [1.29, 1.82) is 10.7 Å². The summed E-state index contributed by atoms with van der Waals surface area (Å²) >= 11 is 0. The van der Waals surface area contributed by atoms with E-state index >= 15 is 0 Å². The number of amidine groups is 1. The number of allylic oxidation sites excluding steroid dienone is 2. The molecule has 1 aromatic carbocycles. The second-order valence-corrected chi connectivity index (χ2v) is 7.82. The maximum Gasteiger partial charge on any atom is 0.405 e. The van der Waals surface area contributed by atoms with Gasteiger partial charge in [-0.3, -0.25) is 5.41 Å². The van der Waals surface area contributed by atoms with Gasteiger partial charge in [0.15, 0.2) is 0 Å². The fourth-order valence-electron chi connectivity index (χ4n) is 3.45. The van der Waals surface area contributed by atoms with E-state index in [-0.39, 0.29) is 6.04 Å². The third-order valence-electron chi connectivity index (χ3n) is 5.68. The number of benzene rings is 1. The first-order valence-electron chi connectivity index (χ1n) is 10.3. The fourth-order valence-corrected chi connectivity index (χ4v) is 3.45. The van der Waals surface area contributed by atoms with E-state index in [4.69, 9.17) is 5.41 Å². The third kappa shape index (κ3) is 4.67. The Morgan fingerprint density at radius 2 is 2.00 bits per heavy atom. The van der Waals surface area contributed by atoms with Crippen molar-refractivity contribution in [2.45, 2.75) is 57.8 Å². The fraction of sp³-hybridized carbons (Fsp3) is 0.391. The van der Waals surface area contributed by atoms with Gasteiger partial charge in [0.05, 0.1) is 11.3 Å². The van der Waals surface area contributed by atoms with Crippen LogP contribution in [0.5, 0.6) is 0 Å². The van der Waals surface area contributed by atoms with Gasteiger partial charge in [-0.25, -0.2) is 5.43 Å². The lowest BCUT2D eigenvalue weighted by Gasteiger charge is -2.37. The standard InChI is InChI=1S/C23H26F3N5/c1-4-14(2)12-19-20(13-27)21(31(22(19)28)18-6-5-7-18)16-8-10-17(11-9-16)30-29-15(3)23(24,25)26/h8-12,15,18,28-30H,2,4-7H2,1,3H3/b19-12-,28-22?/t15-/m0/s1. The molecule has 0 unspecified atom stereocenters. The van der Waals surface area contributed by atoms with Gasteiger partial charge < -0.3 is 10.3 Å². The first kappa shape index (κ1) is 22.6. The lowest BCUT2D eigenvalue weighted by molar-refractivity contribution is -0.150. The van der Waals surface area contributed by atoms with Crippen LogP contribution in [0.3, 0.4) is 0 Å². The Kier molecular flexibility index (Phi) is 6.56. The highest BCUT2D eigenvalue weighted by Gasteiger charge is 2.39. The van der Waals surface area contributed by atoms with E-state index in [0.717, 1.165) is 43.7 Å². The van der Waals surface area contributed by atoms with Gasteiger partial charge in [0.2, 0.25) is 0 Å². The van der Waals surface area contributed by atoms with Gasteiger partial charge >= 0.3 is 6.18 Å². The number of nitrogens with zero attached hydrogens (tertiary/aromatic N) is 2. The number of alkyl halides is 3. The molecule has 3 N–H and O–H groups in total. The Labute approximate surface area is 180 Å². The van der Waals surface area contributed by atoms with Crippen molar-refractivity contribution < 1.29 is 13.2 Å². The first-order chi connectivity index (χ1) is 14.7. The van der Waals surface area contributed by atoms with Crippen molar-refractivity contribution in [3.05, 3.63) is 59.2 Å². The molecule has 1 aromatic rings. The van der Waals surface area contributed by atoms with Crippen LogP contribution in [0.1, 0.15) is 45.1 Å². The second kappa shape index (κ2) is 8.98. The zero-order valence-electron chi connectivity index (χ0n) is 17.6. The molecule has 1 heterocycles. The molecular formula is C23H26F3N5. The van der Waals surface area contributed by atoms with Crippen LogP contribution in [0.25, 0.3) is 5.70 Å². The highest BCUT2D eigenvalue weighted by Crippen LogP contribution is 2.42. The van der Waals surface area contributed by atoms with Crippen LogP contribution >= 0.6 is 0 Å². The molecular weight excluding hydrogens is 403 g/mol. The van der Waals surface area contributed by atoms with Crippen molar-refractivity contribution in [1.82, 2.24) is 10.3 Å². The maximum absolute atomic E-state index is 12.7. The molecule has 2 aliphatic rings. The van der Waals surface area contributed by atoms with Crippen LogP contribution in [-0.2, 0) is 0 Å². The Bertz CT molecular complexity index is 962. The van der Waals surface area contributed by atoms with Crippen molar-refractivity contribution in [3.63, 3.8) is 0 Å². The molecule has 5 nitrogen and oxygen atoms in total. The predicted octanol–water partition coefficient (Wildman–Crippen LogP) is 5.53. The average molecular weight is 429 g/mol. The maximum atomic E-state index is 12.7. The number of anilines is 1. The molecule has 164 valence electrons.